The number of carbonyl (C=O) groups is 1. The average molecular weight is 389 g/mol. The van der Waals surface area contributed by atoms with Crippen LogP contribution in [0.3, 0.4) is 0 Å². The predicted molar refractivity (Wildman–Crippen MR) is 105 cm³/mol. The lowest BCUT2D eigenvalue weighted by Crippen LogP contribution is -2.21. The van der Waals surface area contributed by atoms with E-state index in [1.54, 1.807) is 12.1 Å². The van der Waals surface area contributed by atoms with Gasteiger partial charge in [0.05, 0.1) is 6.61 Å². The summed E-state index contributed by atoms with van der Waals surface area (Å²) in [5.41, 5.74) is 2.08. The summed E-state index contributed by atoms with van der Waals surface area (Å²) in [7, 11) is 0. The highest BCUT2D eigenvalue weighted by atomic mass is 35.5. The maximum absolute atomic E-state index is 11.8. The Labute approximate surface area is 161 Å². The predicted octanol–water partition coefficient (Wildman–Crippen LogP) is 3.66. The van der Waals surface area contributed by atoms with Crippen LogP contribution in [0, 0.1) is 0 Å². The molecule has 0 bridgehead atoms. The lowest BCUT2D eigenvalue weighted by molar-refractivity contribution is -0.115. The van der Waals surface area contributed by atoms with Gasteiger partial charge in [0, 0.05) is 10.6 Å². The van der Waals surface area contributed by atoms with E-state index in [4.69, 9.17) is 33.3 Å². The fourth-order valence-corrected chi connectivity index (χ4v) is 2.81. The van der Waals surface area contributed by atoms with Crippen molar-refractivity contribution in [2.45, 2.75) is 13.5 Å². The van der Waals surface area contributed by atoms with E-state index in [1.807, 2.05) is 43.3 Å². The van der Waals surface area contributed by atoms with Gasteiger partial charge in [-0.3, -0.25) is 10.1 Å². The van der Waals surface area contributed by atoms with E-state index >= 15 is 0 Å². The van der Waals surface area contributed by atoms with E-state index in [2.05, 4.69) is 10.6 Å². The molecule has 0 spiro atoms. The molecule has 134 valence electrons. The van der Waals surface area contributed by atoms with E-state index in [0.29, 0.717) is 40.5 Å². The maximum atomic E-state index is 11.8. The zero-order valence-corrected chi connectivity index (χ0v) is 15.6. The summed E-state index contributed by atoms with van der Waals surface area (Å²) in [6.07, 6.45) is 1.70. The van der Waals surface area contributed by atoms with Crippen molar-refractivity contribution in [1.29, 1.82) is 0 Å². The van der Waals surface area contributed by atoms with Gasteiger partial charge in [-0.25, -0.2) is 0 Å². The monoisotopic (exact) mass is 388 g/mol. The normalized spacial score (nSPS) is 14.9. The molecule has 1 aliphatic rings. The lowest BCUT2D eigenvalue weighted by atomic mass is 10.1. The van der Waals surface area contributed by atoms with Crippen LogP contribution in [-0.4, -0.2) is 17.6 Å². The van der Waals surface area contributed by atoms with E-state index in [-0.39, 0.29) is 5.91 Å². The van der Waals surface area contributed by atoms with Crippen molar-refractivity contribution in [1.82, 2.24) is 10.6 Å². The number of nitrogens with one attached hydrogen (secondary N) is 2. The zero-order valence-electron chi connectivity index (χ0n) is 14.0. The fraction of sp³-hybridized carbons (Fsp3) is 0.158. The van der Waals surface area contributed by atoms with Crippen LogP contribution in [0.5, 0.6) is 11.5 Å². The summed E-state index contributed by atoms with van der Waals surface area (Å²) >= 11 is 11.1. The molecule has 1 fully saturated rings. The number of ether oxygens (including phenoxy) is 2. The summed E-state index contributed by atoms with van der Waals surface area (Å²) in [4.78, 5) is 11.8. The number of benzene rings is 2. The molecule has 1 aliphatic heterocycles. The first-order chi connectivity index (χ1) is 12.6. The van der Waals surface area contributed by atoms with Crippen molar-refractivity contribution in [3.05, 3.63) is 64.3 Å². The lowest BCUT2D eigenvalue weighted by Gasteiger charge is -2.13. The Balaban J connectivity index is 1.80. The van der Waals surface area contributed by atoms with E-state index < -0.39 is 0 Å². The fourth-order valence-electron chi connectivity index (χ4n) is 2.42. The topological polar surface area (TPSA) is 59.6 Å². The highest BCUT2D eigenvalue weighted by molar-refractivity contribution is 7.80. The Bertz CT molecular complexity index is 883. The molecule has 0 radical (unpaired) electrons. The second-order valence-corrected chi connectivity index (χ2v) is 6.30. The van der Waals surface area contributed by atoms with E-state index in [1.165, 1.54) is 0 Å². The number of rotatable bonds is 6. The van der Waals surface area contributed by atoms with Crippen LogP contribution in [0.15, 0.2) is 48.2 Å². The average Bonchev–Trinajstić information content (AvgIpc) is 2.93. The molecule has 1 amide bonds. The van der Waals surface area contributed by atoms with Crippen LogP contribution in [0.2, 0.25) is 5.02 Å². The summed E-state index contributed by atoms with van der Waals surface area (Å²) in [6, 6.07) is 13.0. The molecule has 1 heterocycles. The van der Waals surface area contributed by atoms with Crippen LogP contribution in [0.4, 0.5) is 0 Å². The van der Waals surface area contributed by atoms with Gasteiger partial charge in [-0.1, -0.05) is 35.9 Å². The van der Waals surface area contributed by atoms with Crippen molar-refractivity contribution in [2.24, 2.45) is 0 Å². The summed E-state index contributed by atoms with van der Waals surface area (Å²) in [6.45, 7) is 2.72. The van der Waals surface area contributed by atoms with Gasteiger partial charge in [-0.15, -0.1) is 0 Å². The Kier molecular flexibility index (Phi) is 5.75. The molecule has 2 N–H and O–H groups in total. The first-order valence-electron chi connectivity index (χ1n) is 8.04. The van der Waals surface area contributed by atoms with Gasteiger partial charge in [0.2, 0.25) is 0 Å². The van der Waals surface area contributed by atoms with Crippen LogP contribution < -0.4 is 20.1 Å². The van der Waals surface area contributed by atoms with Crippen molar-refractivity contribution in [3.8, 4) is 11.5 Å². The molecular weight excluding hydrogens is 372 g/mol. The minimum Gasteiger partial charge on any atom is -0.490 e. The largest absolute Gasteiger partial charge is 0.490 e. The molecule has 2 aromatic carbocycles. The van der Waals surface area contributed by atoms with Gasteiger partial charge in [0.1, 0.15) is 12.3 Å². The SMILES string of the molecule is CCOc1cc(/C=C2/NC(=S)NC2=O)ccc1OCc1ccccc1Cl. The van der Waals surface area contributed by atoms with Crippen molar-refractivity contribution >= 4 is 40.9 Å². The molecule has 3 rings (SSSR count). The van der Waals surface area contributed by atoms with Gasteiger partial charge in [0.25, 0.3) is 5.91 Å². The molecule has 26 heavy (non-hydrogen) atoms. The van der Waals surface area contributed by atoms with Crippen LogP contribution in [0.25, 0.3) is 6.08 Å². The first kappa shape index (κ1) is 18.2. The molecule has 5 nitrogen and oxygen atoms in total. The molecule has 2 aromatic rings. The minimum absolute atomic E-state index is 0.257. The highest BCUT2D eigenvalue weighted by Gasteiger charge is 2.20. The summed E-state index contributed by atoms with van der Waals surface area (Å²) in [5.74, 6) is 0.940. The van der Waals surface area contributed by atoms with Crippen molar-refractivity contribution in [3.63, 3.8) is 0 Å². The van der Waals surface area contributed by atoms with Gasteiger partial charge in [0.15, 0.2) is 16.6 Å². The van der Waals surface area contributed by atoms with Gasteiger partial charge in [-0.2, -0.15) is 0 Å². The highest BCUT2D eigenvalue weighted by Crippen LogP contribution is 2.30. The maximum Gasteiger partial charge on any atom is 0.273 e. The van der Waals surface area contributed by atoms with Crippen LogP contribution >= 0.6 is 23.8 Å². The third-order valence-electron chi connectivity index (χ3n) is 3.64. The number of halogens is 1. The molecule has 0 aromatic heterocycles. The van der Waals surface area contributed by atoms with Crippen LogP contribution in [0.1, 0.15) is 18.1 Å². The molecular formula is C19H17ClN2O3S. The Morgan fingerprint density at radius 1 is 1.12 bits per heavy atom. The number of hydrogen-bond donors (Lipinski definition) is 2. The third-order valence-corrected chi connectivity index (χ3v) is 4.21. The van der Waals surface area contributed by atoms with Crippen molar-refractivity contribution < 1.29 is 14.3 Å². The number of carbonyl (C=O) groups excluding carboxylic acids is 1. The van der Waals surface area contributed by atoms with E-state index in [9.17, 15) is 4.79 Å². The Hall–Kier alpha value is -2.57. The Morgan fingerprint density at radius 3 is 2.62 bits per heavy atom. The number of thiocarbonyl (C=S) groups is 1. The smallest absolute Gasteiger partial charge is 0.273 e. The molecule has 0 atom stereocenters. The molecule has 1 saturated heterocycles. The molecule has 0 unspecified atom stereocenters. The Morgan fingerprint density at radius 2 is 1.92 bits per heavy atom. The number of hydrogen-bond acceptors (Lipinski definition) is 4. The summed E-state index contributed by atoms with van der Waals surface area (Å²) < 4.78 is 11.5. The molecule has 0 aliphatic carbocycles. The van der Waals surface area contributed by atoms with Gasteiger partial charge >= 0.3 is 0 Å². The standard InChI is InChI=1S/C19H17ClN2O3S/c1-2-24-17-10-12(9-15-18(23)22-19(26)21-15)7-8-16(17)25-11-13-5-3-4-6-14(13)20/h3-10H,2,11H2,1H3,(H2,21,22,23,26)/b15-9+. The third kappa shape index (κ3) is 4.33. The van der Waals surface area contributed by atoms with Crippen molar-refractivity contribution in [2.75, 3.05) is 6.61 Å². The zero-order chi connectivity index (χ0) is 18.5. The first-order valence-corrected chi connectivity index (χ1v) is 8.82. The second kappa shape index (κ2) is 8.21. The minimum atomic E-state index is -0.257. The molecule has 7 heteroatoms. The van der Waals surface area contributed by atoms with E-state index in [0.717, 1.165) is 11.1 Å². The second-order valence-electron chi connectivity index (χ2n) is 5.49. The number of amides is 1. The summed E-state index contributed by atoms with van der Waals surface area (Å²) in [5, 5.41) is 6.29. The van der Waals surface area contributed by atoms with Gasteiger partial charge < -0.3 is 14.8 Å². The quantitative estimate of drug-likeness (QED) is 0.584. The molecule has 0 saturated carbocycles. The van der Waals surface area contributed by atoms with Gasteiger partial charge in [-0.05, 0) is 49.0 Å². The van der Waals surface area contributed by atoms with Crippen LogP contribution in [-0.2, 0) is 11.4 Å².